The fourth-order valence-electron chi connectivity index (χ4n) is 1.79. The third-order valence-corrected chi connectivity index (χ3v) is 2.99. The summed E-state index contributed by atoms with van der Waals surface area (Å²) in [5, 5.41) is 8.57. The number of nitrogens with zero attached hydrogens (tertiary/aromatic N) is 3. The van der Waals surface area contributed by atoms with Gasteiger partial charge in [0.05, 0.1) is 6.54 Å². The van der Waals surface area contributed by atoms with Gasteiger partial charge in [0.15, 0.2) is 0 Å². The molecule has 0 bridgehead atoms. The number of hydrogen-bond donors (Lipinski definition) is 2. The van der Waals surface area contributed by atoms with Crippen LogP contribution in [0.2, 0.25) is 0 Å². The average Bonchev–Trinajstić information content (AvgIpc) is 3.11. The maximum absolute atomic E-state index is 11.7. The van der Waals surface area contributed by atoms with Gasteiger partial charge in [0.2, 0.25) is 11.8 Å². The van der Waals surface area contributed by atoms with Gasteiger partial charge < -0.3 is 19.7 Å². The topological polar surface area (TPSA) is 102 Å². The molecule has 8 heteroatoms. The lowest BCUT2D eigenvalue weighted by atomic mass is 10.2. The summed E-state index contributed by atoms with van der Waals surface area (Å²) >= 11 is 0. The van der Waals surface area contributed by atoms with Gasteiger partial charge in [-0.1, -0.05) is 5.16 Å². The molecule has 0 saturated carbocycles. The van der Waals surface area contributed by atoms with Crippen molar-refractivity contribution in [3.63, 3.8) is 0 Å². The molecule has 0 saturated heterocycles. The van der Waals surface area contributed by atoms with E-state index < -0.39 is 5.91 Å². The molecule has 0 radical (unpaired) electrons. The van der Waals surface area contributed by atoms with E-state index in [-0.39, 0.29) is 24.2 Å². The first-order valence-corrected chi connectivity index (χ1v) is 6.51. The van der Waals surface area contributed by atoms with Crippen LogP contribution in [0.4, 0.5) is 0 Å². The third-order valence-electron chi connectivity index (χ3n) is 2.99. The largest absolute Gasteiger partial charge is 0.354 e. The second-order valence-corrected chi connectivity index (χ2v) is 4.48. The number of amides is 2. The molecule has 0 aliphatic heterocycles. The van der Waals surface area contributed by atoms with Gasteiger partial charge in [0.1, 0.15) is 0 Å². The van der Waals surface area contributed by atoms with Crippen molar-refractivity contribution in [2.75, 3.05) is 7.05 Å². The zero-order valence-electron chi connectivity index (χ0n) is 11.9. The van der Waals surface area contributed by atoms with E-state index in [1.807, 2.05) is 29.9 Å². The van der Waals surface area contributed by atoms with Crippen LogP contribution in [0.15, 0.2) is 22.9 Å². The molecule has 2 rings (SSSR count). The molecule has 112 valence electrons. The van der Waals surface area contributed by atoms with E-state index in [1.54, 1.807) is 0 Å². The van der Waals surface area contributed by atoms with Crippen molar-refractivity contribution in [2.45, 2.75) is 19.4 Å². The summed E-state index contributed by atoms with van der Waals surface area (Å²) in [6.45, 7) is 0.107. The van der Waals surface area contributed by atoms with Crippen LogP contribution < -0.4 is 10.6 Å². The standard InChI is InChI=1S/C13H17N5O3/c1-14-13(20)12-16-11(21-17-12)8-15-10(19)6-5-9-4-3-7-18(9)2/h3-4,7H,5-6,8H2,1-2H3,(H,14,20)(H,15,19). The van der Waals surface area contributed by atoms with Crippen molar-refractivity contribution in [2.24, 2.45) is 7.05 Å². The van der Waals surface area contributed by atoms with Crippen molar-refractivity contribution in [1.29, 1.82) is 0 Å². The molecule has 2 amide bonds. The Labute approximate surface area is 121 Å². The summed E-state index contributed by atoms with van der Waals surface area (Å²) in [7, 11) is 3.41. The zero-order chi connectivity index (χ0) is 15.2. The molecule has 0 unspecified atom stereocenters. The predicted molar refractivity (Wildman–Crippen MR) is 73.3 cm³/mol. The Hall–Kier alpha value is -2.64. The second kappa shape index (κ2) is 6.69. The van der Waals surface area contributed by atoms with Gasteiger partial charge in [-0.2, -0.15) is 4.98 Å². The minimum atomic E-state index is -0.431. The number of aryl methyl sites for hydroxylation is 2. The summed E-state index contributed by atoms with van der Waals surface area (Å²) in [5.41, 5.74) is 1.09. The summed E-state index contributed by atoms with van der Waals surface area (Å²) in [5.74, 6) is -0.401. The molecular weight excluding hydrogens is 274 g/mol. The van der Waals surface area contributed by atoms with Crippen LogP contribution in [-0.4, -0.2) is 33.6 Å². The van der Waals surface area contributed by atoms with Crippen LogP contribution in [0.1, 0.15) is 28.6 Å². The third kappa shape index (κ3) is 3.91. The first-order chi connectivity index (χ1) is 10.1. The van der Waals surface area contributed by atoms with Gasteiger partial charge in [-0.15, -0.1) is 0 Å². The van der Waals surface area contributed by atoms with E-state index in [9.17, 15) is 9.59 Å². The van der Waals surface area contributed by atoms with Gasteiger partial charge in [-0.3, -0.25) is 9.59 Å². The molecule has 0 spiro atoms. The van der Waals surface area contributed by atoms with Crippen LogP contribution in [0.3, 0.4) is 0 Å². The van der Waals surface area contributed by atoms with E-state index in [0.717, 1.165) is 5.69 Å². The summed E-state index contributed by atoms with van der Waals surface area (Å²) in [6.07, 6.45) is 2.96. The Morgan fingerprint density at radius 3 is 2.90 bits per heavy atom. The lowest BCUT2D eigenvalue weighted by Gasteiger charge is -2.03. The number of nitrogens with one attached hydrogen (secondary N) is 2. The average molecular weight is 291 g/mol. The minimum absolute atomic E-state index is 0.0504. The van der Waals surface area contributed by atoms with Crippen LogP contribution in [0.5, 0.6) is 0 Å². The molecule has 2 heterocycles. The van der Waals surface area contributed by atoms with Gasteiger partial charge in [-0.05, 0) is 18.6 Å². The van der Waals surface area contributed by atoms with Crippen LogP contribution >= 0.6 is 0 Å². The Morgan fingerprint density at radius 2 is 2.24 bits per heavy atom. The Balaban J connectivity index is 1.77. The summed E-state index contributed by atoms with van der Waals surface area (Å²) < 4.78 is 6.84. The van der Waals surface area contributed by atoms with Crippen molar-refractivity contribution in [3.8, 4) is 0 Å². The van der Waals surface area contributed by atoms with Crippen molar-refractivity contribution in [3.05, 3.63) is 35.7 Å². The highest BCUT2D eigenvalue weighted by atomic mass is 16.5. The maximum Gasteiger partial charge on any atom is 0.292 e. The van der Waals surface area contributed by atoms with Crippen molar-refractivity contribution in [1.82, 2.24) is 25.3 Å². The number of hydrogen-bond acceptors (Lipinski definition) is 5. The molecule has 0 aromatic carbocycles. The maximum atomic E-state index is 11.7. The number of carbonyl (C=O) groups is 2. The molecule has 8 nitrogen and oxygen atoms in total. The monoisotopic (exact) mass is 291 g/mol. The van der Waals surface area contributed by atoms with E-state index in [0.29, 0.717) is 12.8 Å². The van der Waals surface area contributed by atoms with E-state index >= 15 is 0 Å². The van der Waals surface area contributed by atoms with E-state index in [1.165, 1.54) is 7.05 Å². The Morgan fingerprint density at radius 1 is 1.43 bits per heavy atom. The molecule has 2 aromatic heterocycles. The van der Waals surface area contributed by atoms with Crippen LogP contribution in [0, 0.1) is 0 Å². The summed E-state index contributed by atoms with van der Waals surface area (Å²) in [4.78, 5) is 26.8. The first-order valence-electron chi connectivity index (χ1n) is 6.51. The number of carbonyl (C=O) groups excluding carboxylic acids is 2. The lowest BCUT2D eigenvalue weighted by Crippen LogP contribution is -2.23. The molecule has 0 aliphatic rings. The SMILES string of the molecule is CNC(=O)c1noc(CNC(=O)CCc2cccn2C)n1. The highest BCUT2D eigenvalue weighted by Gasteiger charge is 2.13. The predicted octanol–water partition coefficient (Wildman–Crippen LogP) is 0.0167. The fraction of sp³-hybridized carbons (Fsp3) is 0.385. The molecule has 0 aliphatic carbocycles. The smallest absolute Gasteiger partial charge is 0.292 e. The highest BCUT2D eigenvalue weighted by Crippen LogP contribution is 2.03. The molecule has 2 aromatic rings. The molecule has 0 atom stereocenters. The van der Waals surface area contributed by atoms with E-state index in [4.69, 9.17) is 4.52 Å². The minimum Gasteiger partial charge on any atom is -0.354 e. The summed E-state index contributed by atoms with van der Waals surface area (Å²) in [6, 6.07) is 3.91. The van der Waals surface area contributed by atoms with Gasteiger partial charge in [0, 0.05) is 32.4 Å². The van der Waals surface area contributed by atoms with Crippen molar-refractivity contribution < 1.29 is 14.1 Å². The quantitative estimate of drug-likeness (QED) is 0.781. The molecule has 0 fully saturated rings. The Bertz CT molecular complexity index is 631. The van der Waals surface area contributed by atoms with Crippen LogP contribution in [-0.2, 0) is 24.8 Å². The van der Waals surface area contributed by atoms with Gasteiger partial charge in [-0.25, -0.2) is 0 Å². The fourth-order valence-corrected chi connectivity index (χ4v) is 1.79. The van der Waals surface area contributed by atoms with Crippen LogP contribution in [0.25, 0.3) is 0 Å². The first kappa shape index (κ1) is 14.8. The van der Waals surface area contributed by atoms with E-state index in [2.05, 4.69) is 20.8 Å². The molecular formula is C13H17N5O3. The highest BCUT2D eigenvalue weighted by molar-refractivity contribution is 5.89. The number of aromatic nitrogens is 3. The second-order valence-electron chi connectivity index (χ2n) is 4.48. The van der Waals surface area contributed by atoms with Gasteiger partial charge >= 0.3 is 0 Å². The zero-order valence-corrected chi connectivity index (χ0v) is 11.9. The Kier molecular flexibility index (Phi) is 4.70. The molecule has 2 N–H and O–H groups in total. The lowest BCUT2D eigenvalue weighted by molar-refractivity contribution is -0.121. The van der Waals surface area contributed by atoms with Gasteiger partial charge in [0.25, 0.3) is 11.7 Å². The van der Waals surface area contributed by atoms with Crippen molar-refractivity contribution >= 4 is 11.8 Å². The number of rotatable bonds is 6. The normalized spacial score (nSPS) is 10.4. The molecule has 21 heavy (non-hydrogen) atoms.